The van der Waals surface area contributed by atoms with Crippen molar-refractivity contribution in [3.05, 3.63) is 59.7 Å². The Morgan fingerprint density at radius 3 is 2.33 bits per heavy atom. The number of nitrogens with one attached hydrogen (secondary N) is 2. The van der Waals surface area contributed by atoms with Crippen LogP contribution in [0.1, 0.15) is 29.8 Å². The van der Waals surface area contributed by atoms with Crippen molar-refractivity contribution >= 4 is 17.5 Å². The van der Waals surface area contributed by atoms with E-state index in [0.29, 0.717) is 23.4 Å². The van der Waals surface area contributed by atoms with Gasteiger partial charge in [-0.15, -0.1) is 0 Å². The van der Waals surface area contributed by atoms with E-state index in [1.54, 1.807) is 37.4 Å². The van der Waals surface area contributed by atoms with E-state index in [0.717, 1.165) is 5.56 Å². The number of hydrogen-bond donors (Lipinski definition) is 2. The first-order valence-electron chi connectivity index (χ1n) is 7.86. The predicted octanol–water partition coefficient (Wildman–Crippen LogP) is 3.01. The summed E-state index contributed by atoms with van der Waals surface area (Å²) in [5.74, 6) is 0.276. The fourth-order valence-electron chi connectivity index (χ4n) is 2.19. The lowest BCUT2D eigenvalue weighted by atomic mass is 10.1. The molecule has 5 nitrogen and oxygen atoms in total. The monoisotopic (exact) mass is 326 g/mol. The molecule has 126 valence electrons. The van der Waals surface area contributed by atoms with Gasteiger partial charge in [0.2, 0.25) is 5.91 Å². The summed E-state index contributed by atoms with van der Waals surface area (Å²) in [4.78, 5) is 23.8. The Balaban J connectivity index is 2.08. The molecule has 2 rings (SSSR count). The molecule has 0 saturated carbocycles. The maximum Gasteiger partial charge on any atom is 0.259 e. The second-order valence-corrected chi connectivity index (χ2v) is 5.66. The van der Waals surface area contributed by atoms with Crippen LogP contribution in [0.25, 0.3) is 0 Å². The number of benzene rings is 2. The Kier molecular flexibility index (Phi) is 5.95. The van der Waals surface area contributed by atoms with E-state index in [9.17, 15) is 9.59 Å². The van der Waals surface area contributed by atoms with E-state index in [2.05, 4.69) is 10.6 Å². The molecule has 0 aliphatic heterocycles. The summed E-state index contributed by atoms with van der Waals surface area (Å²) in [6.07, 6.45) is 0.304. The van der Waals surface area contributed by atoms with Gasteiger partial charge in [-0.05, 0) is 43.7 Å². The predicted molar refractivity (Wildman–Crippen MR) is 94.4 cm³/mol. The normalized spacial score (nSPS) is 10.3. The van der Waals surface area contributed by atoms with Crippen LogP contribution in [0, 0.1) is 0 Å². The van der Waals surface area contributed by atoms with Crippen LogP contribution in [0.4, 0.5) is 5.69 Å². The molecule has 0 radical (unpaired) electrons. The van der Waals surface area contributed by atoms with Gasteiger partial charge in [-0.3, -0.25) is 9.59 Å². The van der Waals surface area contributed by atoms with E-state index in [4.69, 9.17) is 4.74 Å². The van der Waals surface area contributed by atoms with Crippen molar-refractivity contribution in [1.29, 1.82) is 0 Å². The lowest BCUT2D eigenvalue weighted by molar-refractivity contribution is -0.119. The third-order valence-corrected chi connectivity index (χ3v) is 3.35. The first-order chi connectivity index (χ1) is 11.5. The van der Waals surface area contributed by atoms with E-state index in [1.165, 1.54) is 0 Å². The summed E-state index contributed by atoms with van der Waals surface area (Å²) in [7, 11) is 1.60. The lowest BCUT2D eigenvalue weighted by Gasteiger charge is -2.14. The second kappa shape index (κ2) is 8.15. The molecule has 0 spiro atoms. The van der Waals surface area contributed by atoms with E-state index in [1.807, 2.05) is 32.0 Å². The minimum absolute atomic E-state index is 0.0112. The second-order valence-electron chi connectivity index (χ2n) is 5.66. The fraction of sp³-hybridized carbons (Fsp3) is 0.263. The number of likely N-dealkylation sites (N-methyl/N-ethyl adjacent to an activating group) is 1. The Bertz CT molecular complexity index is 709. The Labute approximate surface area is 142 Å². The van der Waals surface area contributed by atoms with Gasteiger partial charge in [-0.25, -0.2) is 0 Å². The van der Waals surface area contributed by atoms with Crippen LogP contribution in [0.5, 0.6) is 5.75 Å². The van der Waals surface area contributed by atoms with Crippen LogP contribution >= 0.6 is 0 Å². The van der Waals surface area contributed by atoms with Crippen molar-refractivity contribution in [2.75, 3.05) is 12.4 Å². The highest BCUT2D eigenvalue weighted by atomic mass is 16.5. The number of rotatable bonds is 6. The average molecular weight is 326 g/mol. The quantitative estimate of drug-likeness (QED) is 0.857. The van der Waals surface area contributed by atoms with Crippen LogP contribution in [-0.4, -0.2) is 25.0 Å². The molecule has 0 saturated heterocycles. The van der Waals surface area contributed by atoms with Gasteiger partial charge in [0.05, 0.1) is 18.1 Å². The molecule has 0 aliphatic carbocycles. The van der Waals surface area contributed by atoms with Gasteiger partial charge in [-0.2, -0.15) is 0 Å². The van der Waals surface area contributed by atoms with E-state index in [-0.39, 0.29) is 17.9 Å². The molecule has 2 N–H and O–H groups in total. The van der Waals surface area contributed by atoms with Crippen molar-refractivity contribution in [2.24, 2.45) is 0 Å². The maximum absolute atomic E-state index is 12.5. The molecule has 2 aromatic rings. The van der Waals surface area contributed by atoms with Crippen molar-refractivity contribution in [1.82, 2.24) is 5.32 Å². The lowest BCUT2D eigenvalue weighted by Crippen LogP contribution is -2.20. The molecule has 0 fully saturated rings. The molecule has 0 unspecified atom stereocenters. The summed E-state index contributed by atoms with van der Waals surface area (Å²) in [5, 5.41) is 5.43. The van der Waals surface area contributed by atoms with Crippen LogP contribution < -0.4 is 15.4 Å². The molecule has 24 heavy (non-hydrogen) atoms. The van der Waals surface area contributed by atoms with Crippen molar-refractivity contribution in [2.45, 2.75) is 26.4 Å². The van der Waals surface area contributed by atoms with Crippen molar-refractivity contribution in [3.8, 4) is 5.75 Å². The van der Waals surface area contributed by atoms with Crippen LogP contribution in [0.3, 0.4) is 0 Å². The molecule has 0 bridgehead atoms. The molecule has 0 atom stereocenters. The summed E-state index contributed by atoms with van der Waals surface area (Å²) >= 11 is 0. The molecule has 0 aliphatic rings. The maximum atomic E-state index is 12.5. The smallest absolute Gasteiger partial charge is 0.259 e. The number of carbonyl (C=O) groups excluding carboxylic acids is 2. The minimum atomic E-state index is -0.231. The van der Waals surface area contributed by atoms with E-state index >= 15 is 0 Å². The number of amides is 2. The SMILES string of the molecule is CNC(=O)Cc1ccc(NC(=O)c2ccccc2OC(C)C)cc1. The first kappa shape index (κ1) is 17.5. The Morgan fingerprint density at radius 2 is 1.71 bits per heavy atom. The Morgan fingerprint density at radius 1 is 1.04 bits per heavy atom. The van der Waals surface area contributed by atoms with Gasteiger partial charge < -0.3 is 15.4 Å². The third-order valence-electron chi connectivity index (χ3n) is 3.35. The summed E-state index contributed by atoms with van der Waals surface area (Å²) in [5.41, 5.74) is 2.04. The van der Waals surface area contributed by atoms with Crippen molar-refractivity contribution in [3.63, 3.8) is 0 Å². The number of para-hydroxylation sites is 1. The molecular weight excluding hydrogens is 304 g/mol. The zero-order chi connectivity index (χ0) is 17.5. The Hall–Kier alpha value is -2.82. The zero-order valence-corrected chi connectivity index (χ0v) is 14.1. The van der Waals surface area contributed by atoms with Gasteiger partial charge in [0.1, 0.15) is 5.75 Å². The molecule has 0 heterocycles. The molecule has 2 amide bonds. The molecular formula is C19H22N2O3. The van der Waals surface area contributed by atoms with Gasteiger partial charge in [0.25, 0.3) is 5.91 Å². The van der Waals surface area contributed by atoms with Gasteiger partial charge >= 0.3 is 0 Å². The van der Waals surface area contributed by atoms with Crippen LogP contribution in [0.15, 0.2) is 48.5 Å². The number of ether oxygens (including phenoxy) is 1. The average Bonchev–Trinajstić information content (AvgIpc) is 2.56. The van der Waals surface area contributed by atoms with Crippen LogP contribution in [0.2, 0.25) is 0 Å². The minimum Gasteiger partial charge on any atom is -0.490 e. The number of hydrogen-bond acceptors (Lipinski definition) is 3. The summed E-state index contributed by atoms with van der Waals surface area (Å²) in [6.45, 7) is 3.83. The standard InChI is InChI=1S/C19H22N2O3/c1-13(2)24-17-7-5-4-6-16(17)19(23)21-15-10-8-14(9-11-15)12-18(22)20-3/h4-11,13H,12H2,1-3H3,(H,20,22)(H,21,23). The zero-order valence-electron chi connectivity index (χ0n) is 14.1. The molecule has 2 aromatic carbocycles. The largest absolute Gasteiger partial charge is 0.490 e. The van der Waals surface area contributed by atoms with Crippen molar-refractivity contribution < 1.29 is 14.3 Å². The first-order valence-corrected chi connectivity index (χ1v) is 7.86. The number of anilines is 1. The fourth-order valence-corrected chi connectivity index (χ4v) is 2.19. The highest BCUT2D eigenvalue weighted by Crippen LogP contribution is 2.21. The number of carbonyl (C=O) groups is 2. The highest BCUT2D eigenvalue weighted by Gasteiger charge is 2.13. The van der Waals surface area contributed by atoms with Crippen LogP contribution in [-0.2, 0) is 11.2 Å². The van der Waals surface area contributed by atoms with E-state index < -0.39 is 0 Å². The van der Waals surface area contributed by atoms with Gasteiger partial charge in [0, 0.05) is 12.7 Å². The topological polar surface area (TPSA) is 67.4 Å². The van der Waals surface area contributed by atoms with Gasteiger partial charge in [0.15, 0.2) is 0 Å². The molecule has 5 heteroatoms. The summed E-state index contributed by atoms with van der Waals surface area (Å²) < 4.78 is 5.67. The molecule has 0 aromatic heterocycles. The van der Waals surface area contributed by atoms with Gasteiger partial charge in [-0.1, -0.05) is 24.3 Å². The third kappa shape index (κ3) is 4.84. The highest BCUT2D eigenvalue weighted by molar-refractivity contribution is 6.06. The summed E-state index contributed by atoms with van der Waals surface area (Å²) in [6, 6.07) is 14.3.